The van der Waals surface area contributed by atoms with Gasteiger partial charge in [-0.05, 0) is 30.7 Å². The van der Waals surface area contributed by atoms with Crippen LogP contribution in [-0.2, 0) is 0 Å². The zero-order chi connectivity index (χ0) is 12.6. The molecule has 0 heterocycles. The topological polar surface area (TPSA) is 3.24 Å². The third-order valence-electron chi connectivity index (χ3n) is 2.75. The lowest BCUT2D eigenvalue weighted by Gasteiger charge is -2.26. The van der Waals surface area contributed by atoms with Crippen molar-refractivity contribution < 1.29 is 0 Å². The number of unbranched alkanes of at least 4 members (excludes halogenated alkanes) is 1. The SMILES string of the molecule is CC(C)CCCCN(CC(C)C)CC(C)C. The van der Waals surface area contributed by atoms with Crippen LogP contribution in [0, 0.1) is 17.8 Å². The van der Waals surface area contributed by atoms with Crippen LogP contribution < -0.4 is 0 Å². The summed E-state index contributed by atoms with van der Waals surface area (Å²) in [7, 11) is 0. The number of nitrogens with zero attached hydrogens (tertiary/aromatic N) is 1. The fourth-order valence-electron chi connectivity index (χ4n) is 2.18. The zero-order valence-electron chi connectivity index (χ0n) is 12.4. The quantitative estimate of drug-likeness (QED) is 0.527. The van der Waals surface area contributed by atoms with Gasteiger partial charge in [0, 0.05) is 13.1 Å². The van der Waals surface area contributed by atoms with E-state index in [-0.39, 0.29) is 0 Å². The third kappa shape index (κ3) is 10.5. The molecule has 0 rings (SSSR count). The molecular formula is C15H33N. The molecule has 0 amide bonds. The van der Waals surface area contributed by atoms with E-state index in [1.807, 2.05) is 0 Å². The van der Waals surface area contributed by atoms with Crippen LogP contribution in [0.2, 0.25) is 0 Å². The molecule has 1 nitrogen and oxygen atoms in total. The number of hydrogen-bond donors (Lipinski definition) is 0. The van der Waals surface area contributed by atoms with Gasteiger partial charge in [-0.3, -0.25) is 0 Å². The van der Waals surface area contributed by atoms with Gasteiger partial charge in [0.1, 0.15) is 0 Å². The Kier molecular flexibility index (Phi) is 9.02. The number of hydrogen-bond acceptors (Lipinski definition) is 1. The van der Waals surface area contributed by atoms with E-state index in [0.29, 0.717) is 0 Å². The zero-order valence-corrected chi connectivity index (χ0v) is 12.4. The Morgan fingerprint density at radius 2 is 1.19 bits per heavy atom. The molecule has 0 N–H and O–H groups in total. The molecule has 0 fully saturated rings. The Hall–Kier alpha value is -0.0400. The highest BCUT2D eigenvalue weighted by Gasteiger charge is 2.08. The summed E-state index contributed by atoms with van der Waals surface area (Å²) in [5.41, 5.74) is 0. The second kappa shape index (κ2) is 9.04. The van der Waals surface area contributed by atoms with Crippen molar-refractivity contribution in [3.05, 3.63) is 0 Å². The summed E-state index contributed by atoms with van der Waals surface area (Å²) in [5.74, 6) is 2.45. The minimum atomic E-state index is 0.795. The molecule has 0 aliphatic carbocycles. The monoisotopic (exact) mass is 227 g/mol. The lowest BCUT2D eigenvalue weighted by molar-refractivity contribution is 0.214. The molecule has 98 valence electrons. The van der Waals surface area contributed by atoms with E-state index in [0.717, 1.165) is 17.8 Å². The smallest absolute Gasteiger partial charge is 0.000449 e. The summed E-state index contributed by atoms with van der Waals surface area (Å²) in [4.78, 5) is 2.65. The lowest BCUT2D eigenvalue weighted by atomic mass is 10.1. The first kappa shape index (κ1) is 16.0. The number of rotatable bonds is 9. The Morgan fingerprint density at radius 3 is 1.56 bits per heavy atom. The molecule has 0 saturated carbocycles. The van der Waals surface area contributed by atoms with Gasteiger partial charge >= 0.3 is 0 Å². The minimum absolute atomic E-state index is 0.795. The van der Waals surface area contributed by atoms with Crippen LogP contribution in [0.3, 0.4) is 0 Å². The molecule has 0 radical (unpaired) electrons. The Balaban J connectivity index is 3.73. The summed E-state index contributed by atoms with van der Waals surface area (Å²) in [5, 5.41) is 0. The molecule has 0 saturated heterocycles. The molecule has 0 aromatic rings. The Bertz CT molecular complexity index is 140. The van der Waals surface area contributed by atoms with E-state index in [1.165, 1.54) is 38.9 Å². The van der Waals surface area contributed by atoms with Crippen molar-refractivity contribution in [3.8, 4) is 0 Å². The summed E-state index contributed by atoms with van der Waals surface area (Å²) in [6.45, 7) is 17.7. The minimum Gasteiger partial charge on any atom is -0.303 e. The first-order chi connectivity index (χ1) is 7.41. The molecule has 0 aromatic carbocycles. The van der Waals surface area contributed by atoms with Gasteiger partial charge < -0.3 is 4.90 Å². The Morgan fingerprint density at radius 1 is 0.688 bits per heavy atom. The van der Waals surface area contributed by atoms with E-state index in [4.69, 9.17) is 0 Å². The highest BCUT2D eigenvalue weighted by atomic mass is 15.1. The molecule has 0 aliphatic heterocycles. The fourth-order valence-corrected chi connectivity index (χ4v) is 2.18. The van der Waals surface area contributed by atoms with Gasteiger partial charge in [-0.2, -0.15) is 0 Å². The van der Waals surface area contributed by atoms with Crippen LogP contribution in [0.1, 0.15) is 60.8 Å². The van der Waals surface area contributed by atoms with Crippen molar-refractivity contribution >= 4 is 0 Å². The second-order valence-corrected chi connectivity index (χ2v) is 6.44. The van der Waals surface area contributed by atoms with Crippen LogP contribution in [0.4, 0.5) is 0 Å². The molecule has 0 bridgehead atoms. The van der Waals surface area contributed by atoms with E-state index < -0.39 is 0 Å². The molecule has 0 spiro atoms. The lowest BCUT2D eigenvalue weighted by Crippen LogP contribution is -2.32. The van der Waals surface area contributed by atoms with Crippen molar-refractivity contribution in [1.82, 2.24) is 4.90 Å². The van der Waals surface area contributed by atoms with E-state index in [1.54, 1.807) is 0 Å². The largest absolute Gasteiger partial charge is 0.303 e. The van der Waals surface area contributed by atoms with Crippen molar-refractivity contribution in [2.75, 3.05) is 19.6 Å². The normalized spacial score (nSPS) is 12.4. The maximum Gasteiger partial charge on any atom is 0.000449 e. The fraction of sp³-hybridized carbons (Fsp3) is 1.00. The predicted octanol–water partition coefficient (Wildman–Crippen LogP) is 4.43. The maximum atomic E-state index is 2.65. The van der Waals surface area contributed by atoms with Gasteiger partial charge in [0.2, 0.25) is 0 Å². The van der Waals surface area contributed by atoms with Crippen molar-refractivity contribution in [3.63, 3.8) is 0 Å². The van der Waals surface area contributed by atoms with E-state index >= 15 is 0 Å². The van der Waals surface area contributed by atoms with Crippen LogP contribution in [-0.4, -0.2) is 24.5 Å². The van der Waals surface area contributed by atoms with Gasteiger partial charge in [0.15, 0.2) is 0 Å². The first-order valence-corrected chi connectivity index (χ1v) is 7.14. The molecule has 0 atom stereocenters. The molecular weight excluding hydrogens is 194 g/mol. The summed E-state index contributed by atoms with van der Waals surface area (Å²) >= 11 is 0. The van der Waals surface area contributed by atoms with Crippen molar-refractivity contribution in [1.29, 1.82) is 0 Å². The van der Waals surface area contributed by atoms with E-state index in [2.05, 4.69) is 46.4 Å². The summed E-state index contributed by atoms with van der Waals surface area (Å²) < 4.78 is 0. The van der Waals surface area contributed by atoms with Gasteiger partial charge in [-0.25, -0.2) is 0 Å². The van der Waals surface area contributed by atoms with Crippen LogP contribution in [0.15, 0.2) is 0 Å². The van der Waals surface area contributed by atoms with Crippen molar-refractivity contribution in [2.45, 2.75) is 60.8 Å². The van der Waals surface area contributed by atoms with Gasteiger partial charge in [-0.1, -0.05) is 54.4 Å². The molecule has 1 heteroatoms. The van der Waals surface area contributed by atoms with Crippen LogP contribution in [0.25, 0.3) is 0 Å². The third-order valence-corrected chi connectivity index (χ3v) is 2.75. The van der Waals surface area contributed by atoms with Crippen molar-refractivity contribution in [2.24, 2.45) is 17.8 Å². The second-order valence-electron chi connectivity index (χ2n) is 6.44. The average Bonchev–Trinajstić information content (AvgIpc) is 2.09. The molecule has 0 aliphatic rings. The highest BCUT2D eigenvalue weighted by molar-refractivity contribution is 4.63. The van der Waals surface area contributed by atoms with E-state index in [9.17, 15) is 0 Å². The summed E-state index contributed by atoms with van der Waals surface area (Å²) in [6.07, 6.45) is 4.15. The van der Waals surface area contributed by atoms with Crippen LogP contribution in [0.5, 0.6) is 0 Å². The first-order valence-electron chi connectivity index (χ1n) is 7.14. The Labute approximate surface area is 104 Å². The summed E-state index contributed by atoms with van der Waals surface area (Å²) in [6, 6.07) is 0. The van der Waals surface area contributed by atoms with Gasteiger partial charge in [0.25, 0.3) is 0 Å². The van der Waals surface area contributed by atoms with Crippen LogP contribution >= 0.6 is 0 Å². The standard InChI is InChI=1S/C15H33N/c1-13(2)9-7-8-10-16(11-14(3)4)12-15(5)6/h13-15H,7-12H2,1-6H3. The highest BCUT2D eigenvalue weighted by Crippen LogP contribution is 2.09. The van der Waals surface area contributed by atoms with Gasteiger partial charge in [0.05, 0.1) is 0 Å². The van der Waals surface area contributed by atoms with Gasteiger partial charge in [-0.15, -0.1) is 0 Å². The molecule has 0 unspecified atom stereocenters. The average molecular weight is 227 g/mol. The molecule has 16 heavy (non-hydrogen) atoms. The molecule has 0 aromatic heterocycles. The predicted molar refractivity (Wildman–Crippen MR) is 74.8 cm³/mol. The maximum absolute atomic E-state index is 2.65.